The highest BCUT2D eigenvalue weighted by Crippen LogP contribution is 2.41. The Morgan fingerprint density at radius 3 is 2.79 bits per heavy atom. The summed E-state index contributed by atoms with van der Waals surface area (Å²) in [5.74, 6) is 0.480. The Balaban J connectivity index is 2.52. The van der Waals surface area contributed by atoms with E-state index in [0.29, 0.717) is 23.2 Å². The van der Waals surface area contributed by atoms with Gasteiger partial charge in [0.1, 0.15) is 5.69 Å². The number of nitrogens with zero attached hydrogens (tertiary/aromatic N) is 2. The molecule has 1 aliphatic heterocycles. The first-order chi connectivity index (χ1) is 11.3. The summed E-state index contributed by atoms with van der Waals surface area (Å²) in [7, 11) is 0. The van der Waals surface area contributed by atoms with Crippen molar-refractivity contribution in [1.82, 2.24) is 4.90 Å². The molecule has 1 heterocycles. The highest BCUT2D eigenvalue weighted by molar-refractivity contribution is 6.31. The number of fused-ring (bicyclic) bond motifs is 1. The number of hydrogen-bond donors (Lipinski definition) is 1. The third kappa shape index (κ3) is 4.48. The van der Waals surface area contributed by atoms with Crippen LogP contribution in [-0.4, -0.2) is 29.5 Å². The second-order valence-corrected chi connectivity index (χ2v) is 7.43. The second kappa shape index (κ2) is 7.99. The molecule has 0 aliphatic carbocycles. The monoisotopic (exact) mass is 351 g/mol. The number of nitro benzene ring substituents is 1. The molecule has 5 nitrogen and oxygen atoms in total. The fraction of sp³-hybridized carbons (Fsp3) is 0.556. The number of hydrogen-bond acceptors (Lipinski definition) is 4. The predicted octanol–water partition coefficient (Wildman–Crippen LogP) is 5.03. The van der Waals surface area contributed by atoms with Crippen LogP contribution in [0.4, 0.5) is 11.4 Å². The number of nitro groups is 1. The number of halogens is 1. The lowest BCUT2D eigenvalue weighted by Gasteiger charge is -2.31. The highest BCUT2D eigenvalue weighted by atomic mass is 35.5. The van der Waals surface area contributed by atoms with Gasteiger partial charge in [0.05, 0.1) is 4.92 Å². The molecule has 1 aromatic carbocycles. The van der Waals surface area contributed by atoms with Crippen LogP contribution in [0.2, 0.25) is 5.02 Å². The molecular weight excluding hydrogens is 326 g/mol. The predicted molar refractivity (Wildman–Crippen MR) is 99.8 cm³/mol. The summed E-state index contributed by atoms with van der Waals surface area (Å²) in [6, 6.07) is 3.43. The Morgan fingerprint density at radius 2 is 2.21 bits per heavy atom. The number of nitrogens with one attached hydrogen (secondary N) is 1. The molecule has 0 spiro atoms. The third-order valence-corrected chi connectivity index (χ3v) is 4.46. The molecule has 1 aliphatic rings. The first-order valence-electron chi connectivity index (χ1n) is 8.38. The molecule has 2 rings (SSSR count). The molecule has 0 saturated carbocycles. The lowest BCUT2D eigenvalue weighted by Crippen LogP contribution is -2.31. The standard InChI is InChI=1S/C18H26ClN3O2/c1-12(2)5-7-21-8-6-20-18-15(16(21)9-13(3)4)10-14(19)11-17(18)22(23)24/h5,10-11,13,16,20H,6-9H2,1-4H3. The molecule has 0 amide bonds. The maximum atomic E-state index is 11.4. The van der Waals surface area contributed by atoms with Crippen LogP contribution in [0.3, 0.4) is 0 Å². The quantitative estimate of drug-likeness (QED) is 0.459. The van der Waals surface area contributed by atoms with E-state index >= 15 is 0 Å². The van der Waals surface area contributed by atoms with Gasteiger partial charge in [-0.25, -0.2) is 0 Å². The van der Waals surface area contributed by atoms with Gasteiger partial charge in [0.2, 0.25) is 0 Å². The van der Waals surface area contributed by atoms with Crippen molar-refractivity contribution in [1.29, 1.82) is 0 Å². The van der Waals surface area contributed by atoms with E-state index in [9.17, 15) is 10.1 Å². The van der Waals surface area contributed by atoms with Crippen LogP contribution in [-0.2, 0) is 0 Å². The molecule has 132 valence electrons. The first kappa shape index (κ1) is 18.7. The van der Waals surface area contributed by atoms with Crippen LogP contribution in [0.1, 0.15) is 45.7 Å². The smallest absolute Gasteiger partial charge is 0.294 e. The normalized spacial score (nSPS) is 17.8. The summed E-state index contributed by atoms with van der Waals surface area (Å²) < 4.78 is 0. The van der Waals surface area contributed by atoms with Crippen LogP contribution in [0.25, 0.3) is 0 Å². The van der Waals surface area contributed by atoms with Crippen molar-refractivity contribution in [3.63, 3.8) is 0 Å². The Hall–Kier alpha value is -1.59. The molecule has 1 atom stereocenters. The lowest BCUT2D eigenvalue weighted by atomic mass is 9.94. The molecule has 0 bridgehead atoms. The van der Waals surface area contributed by atoms with Gasteiger partial charge in [0.25, 0.3) is 5.69 Å². The van der Waals surface area contributed by atoms with Crippen LogP contribution >= 0.6 is 11.6 Å². The Labute approximate surface area is 148 Å². The summed E-state index contributed by atoms with van der Waals surface area (Å²) in [4.78, 5) is 13.5. The van der Waals surface area contributed by atoms with Crippen molar-refractivity contribution in [3.05, 3.63) is 44.5 Å². The Bertz CT molecular complexity index is 639. The largest absolute Gasteiger partial charge is 0.378 e. The van der Waals surface area contributed by atoms with Crippen molar-refractivity contribution >= 4 is 23.0 Å². The Morgan fingerprint density at radius 1 is 1.50 bits per heavy atom. The van der Waals surface area contributed by atoms with Crippen molar-refractivity contribution in [2.45, 2.75) is 40.2 Å². The van der Waals surface area contributed by atoms with Gasteiger partial charge in [-0.05, 0) is 32.3 Å². The second-order valence-electron chi connectivity index (χ2n) is 6.99. The van der Waals surface area contributed by atoms with Crippen molar-refractivity contribution in [2.75, 3.05) is 25.0 Å². The van der Waals surface area contributed by atoms with Gasteiger partial charge in [-0.2, -0.15) is 0 Å². The fourth-order valence-electron chi connectivity index (χ4n) is 3.13. The summed E-state index contributed by atoms with van der Waals surface area (Å²) in [5, 5.41) is 15.1. The Kier molecular flexibility index (Phi) is 6.24. The van der Waals surface area contributed by atoms with E-state index in [0.717, 1.165) is 25.1 Å². The minimum Gasteiger partial charge on any atom is -0.378 e. The van der Waals surface area contributed by atoms with Gasteiger partial charge >= 0.3 is 0 Å². The molecular formula is C18H26ClN3O2. The zero-order chi connectivity index (χ0) is 17.9. The fourth-order valence-corrected chi connectivity index (χ4v) is 3.35. The van der Waals surface area contributed by atoms with E-state index in [1.165, 1.54) is 11.6 Å². The molecule has 24 heavy (non-hydrogen) atoms. The molecule has 0 radical (unpaired) electrons. The van der Waals surface area contributed by atoms with E-state index < -0.39 is 0 Å². The van der Waals surface area contributed by atoms with Crippen LogP contribution < -0.4 is 5.32 Å². The van der Waals surface area contributed by atoms with Crippen molar-refractivity contribution in [3.8, 4) is 0 Å². The van der Waals surface area contributed by atoms with Gasteiger partial charge in [-0.1, -0.05) is 37.1 Å². The topological polar surface area (TPSA) is 58.4 Å². The third-order valence-electron chi connectivity index (χ3n) is 4.24. The van der Waals surface area contributed by atoms with Gasteiger partial charge < -0.3 is 5.32 Å². The summed E-state index contributed by atoms with van der Waals surface area (Å²) in [5.41, 5.74) is 2.89. The van der Waals surface area contributed by atoms with E-state index in [-0.39, 0.29) is 16.7 Å². The van der Waals surface area contributed by atoms with Crippen LogP contribution in [0, 0.1) is 16.0 Å². The minimum atomic E-state index is -0.351. The van der Waals surface area contributed by atoms with E-state index in [2.05, 4.69) is 44.0 Å². The van der Waals surface area contributed by atoms with Crippen molar-refractivity contribution in [2.24, 2.45) is 5.92 Å². The maximum absolute atomic E-state index is 11.4. The molecule has 0 fully saturated rings. The van der Waals surface area contributed by atoms with Crippen LogP contribution in [0.15, 0.2) is 23.8 Å². The van der Waals surface area contributed by atoms with E-state index in [1.54, 1.807) is 0 Å². The summed E-state index contributed by atoms with van der Waals surface area (Å²) >= 11 is 6.19. The van der Waals surface area contributed by atoms with Gasteiger partial charge in [0, 0.05) is 42.3 Å². The first-order valence-corrected chi connectivity index (χ1v) is 8.76. The summed E-state index contributed by atoms with van der Waals surface area (Å²) in [6.45, 7) is 10.9. The molecule has 0 saturated heterocycles. The van der Waals surface area contributed by atoms with Crippen molar-refractivity contribution < 1.29 is 4.92 Å². The van der Waals surface area contributed by atoms with Gasteiger partial charge in [-0.3, -0.25) is 15.0 Å². The molecule has 1 unspecified atom stereocenters. The van der Waals surface area contributed by atoms with Gasteiger partial charge in [-0.15, -0.1) is 0 Å². The number of rotatable bonds is 5. The average molecular weight is 352 g/mol. The molecule has 6 heteroatoms. The average Bonchev–Trinajstić information content (AvgIpc) is 2.64. The maximum Gasteiger partial charge on any atom is 0.294 e. The molecule has 1 N–H and O–H groups in total. The summed E-state index contributed by atoms with van der Waals surface area (Å²) in [6.07, 6.45) is 3.14. The van der Waals surface area contributed by atoms with E-state index in [1.807, 2.05) is 6.07 Å². The SMILES string of the molecule is CC(C)=CCN1CCNc2c(cc(Cl)cc2[N+](=O)[O-])C1CC(C)C. The van der Waals surface area contributed by atoms with E-state index in [4.69, 9.17) is 11.6 Å². The molecule has 0 aromatic heterocycles. The van der Waals surface area contributed by atoms with Crippen LogP contribution in [0.5, 0.6) is 0 Å². The minimum absolute atomic E-state index is 0.0651. The zero-order valence-corrected chi connectivity index (χ0v) is 15.6. The number of allylic oxidation sites excluding steroid dienone is 1. The number of anilines is 1. The highest BCUT2D eigenvalue weighted by Gasteiger charge is 2.30. The van der Waals surface area contributed by atoms with Gasteiger partial charge in [0.15, 0.2) is 0 Å². The number of benzene rings is 1. The lowest BCUT2D eigenvalue weighted by molar-refractivity contribution is -0.384. The molecule has 1 aromatic rings. The zero-order valence-electron chi connectivity index (χ0n) is 14.8.